The summed E-state index contributed by atoms with van der Waals surface area (Å²) in [6.07, 6.45) is 0.0248. The number of anilines is 2. The average molecular weight is 277 g/mol. The first-order chi connectivity index (χ1) is 9.56. The minimum Gasteiger partial charge on any atom is -0.369 e. The SMILES string of the molecule is CC(C)OCC(=O)Nc1ccc(N2CCNC2=O)cc1. The van der Waals surface area contributed by atoms with Gasteiger partial charge in [-0.3, -0.25) is 9.69 Å². The highest BCUT2D eigenvalue weighted by Crippen LogP contribution is 2.19. The molecule has 1 heterocycles. The van der Waals surface area contributed by atoms with Crippen molar-refractivity contribution in [1.29, 1.82) is 0 Å². The smallest absolute Gasteiger partial charge is 0.321 e. The molecule has 0 aliphatic carbocycles. The third-order valence-corrected chi connectivity index (χ3v) is 2.87. The van der Waals surface area contributed by atoms with Crippen LogP contribution in [-0.2, 0) is 9.53 Å². The summed E-state index contributed by atoms with van der Waals surface area (Å²) in [5.74, 6) is -0.189. The van der Waals surface area contributed by atoms with Gasteiger partial charge in [0, 0.05) is 24.5 Å². The number of urea groups is 1. The number of hydrogen-bond acceptors (Lipinski definition) is 3. The third kappa shape index (κ3) is 3.71. The van der Waals surface area contributed by atoms with Crippen LogP contribution in [0.25, 0.3) is 0 Å². The van der Waals surface area contributed by atoms with E-state index in [9.17, 15) is 9.59 Å². The van der Waals surface area contributed by atoms with Gasteiger partial charge >= 0.3 is 6.03 Å². The molecular weight excluding hydrogens is 258 g/mol. The Morgan fingerprint density at radius 2 is 2.10 bits per heavy atom. The first kappa shape index (κ1) is 14.3. The molecule has 0 saturated carbocycles. The number of hydrogen-bond donors (Lipinski definition) is 2. The summed E-state index contributed by atoms with van der Waals surface area (Å²) >= 11 is 0. The highest BCUT2D eigenvalue weighted by atomic mass is 16.5. The summed E-state index contributed by atoms with van der Waals surface area (Å²) in [4.78, 5) is 24.8. The van der Waals surface area contributed by atoms with Gasteiger partial charge in [-0.05, 0) is 38.1 Å². The van der Waals surface area contributed by atoms with E-state index < -0.39 is 0 Å². The molecular formula is C14H19N3O3. The predicted molar refractivity (Wildman–Crippen MR) is 76.9 cm³/mol. The Kier molecular flexibility index (Phi) is 4.57. The molecule has 6 heteroatoms. The van der Waals surface area contributed by atoms with Crippen molar-refractivity contribution in [3.63, 3.8) is 0 Å². The number of rotatable bonds is 5. The first-order valence-corrected chi connectivity index (χ1v) is 6.63. The number of nitrogens with one attached hydrogen (secondary N) is 2. The van der Waals surface area contributed by atoms with Crippen LogP contribution < -0.4 is 15.5 Å². The molecule has 1 aromatic rings. The quantitative estimate of drug-likeness (QED) is 0.858. The zero-order valence-electron chi connectivity index (χ0n) is 11.7. The Labute approximate surface area is 118 Å². The van der Waals surface area contributed by atoms with Crippen LogP contribution in [0.5, 0.6) is 0 Å². The average Bonchev–Trinajstić information content (AvgIpc) is 2.84. The molecule has 0 radical (unpaired) electrons. The second-order valence-corrected chi connectivity index (χ2v) is 4.84. The normalized spacial score (nSPS) is 14.6. The van der Waals surface area contributed by atoms with E-state index in [2.05, 4.69) is 10.6 Å². The van der Waals surface area contributed by atoms with Gasteiger partial charge in [0.15, 0.2) is 0 Å². The fourth-order valence-electron chi connectivity index (χ4n) is 1.88. The zero-order valence-corrected chi connectivity index (χ0v) is 11.7. The zero-order chi connectivity index (χ0) is 14.5. The van der Waals surface area contributed by atoms with Crippen molar-refractivity contribution in [2.45, 2.75) is 20.0 Å². The van der Waals surface area contributed by atoms with Crippen molar-refractivity contribution in [3.8, 4) is 0 Å². The molecule has 2 N–H and O–H groups in total. The van der Waals surface area contributed by atoms with Gasteiger partial charge in [0.05, 0.1) is 6.10 Å². The van der Waals surface area contributed by atoms with Crippen molar-refractivity contribution < 1.29 is 14.3 Å². The lowest BCUT2D eigenvalue weighted by atomic mass is 10.2. The molecule has 1 aliphatic rings. The van der Waals surface area contributed by atoms with Crippen LogP contribution in [0.2, 0.25) is 0 Å². The summed E-state index contributed by atoms with van der Waals surface area (Å²) in [6.45, 7) is 5.11. The first-order valence-electron chi connectivity index (χ1n) is 6.63. The van der Waals surface area contributed by atoms with E-state index in [1.165, 1.54) is 0 Å². The summed E-state index contributed by atoms with van der Waals surface area (Å²) in [6, 6.07) is 7.07. The molecule has 20 heavy (non-hydrogen) atoms. The summed E-state index contributed by atoms with van der Waals surface area (Å²) in [5, 5.41) is 5.49. The van der Waals surface area contributed by atoms with E-state index in [1.807, 2.05) is 26.0 Å². The second-order valence-electron chi connectivity index (χ2n) is 4.84. The molecule has 2 rings (SSSR count). The topological polar surface area (TPSA) is 70.7 Å². The van der Waals surface area contributed by atoms with E-state index in [1.54, 1.807) is 17.0 Å². The van der Waals surface area contributed by atoms with Crippen molar-refractivity contribution in [2.75, 3.05) is 29.9 Å². The van der Waals surface area contributed by atoms with E-state index in [0.717, 1.165) is 5.69 Å². The van der Waals surface area contributed by atoms with E-state index >= 15 is 0 Å². The molecule has 0 atom stereocenters. The summed E-state index contributed by atoms with van der Waals surface area (Å²) in [7, 11) is 0. The predicted octanol–water partition coefficient (Wildman–Crippen LogP) is 1.58. The maximum absolute atomic E-state index is 11.6. The lowest BCUT2D eigenvalue weighted by Gasteiger charge is -2.15. The van der Waals surface area contributed by atoms with Crippen molar-refractivity contribution >= 4 is 23.3 Å². The third-order valence-electron chi connectivity index (χ3n) is 2.87. The highest BCUT2D eigenvalue weighted by Gasteiger charge is 2.20. The van der Waals surface area contributed by atoms with Gasteiger partial charge in [0.2, 0.25) is 5.91 Å². The highest BCUT2D eigenvalue weighted by molar-refractivity contribution is 5.95. The van der Waals surface area contributed by atoms with Gasteiger partial charge in [-0.15, -0.1) is 0 Å². The lowest BCUT2D eigenvalue weighted by Crippen LogP contribution is -2.27. The monoisotopic (exact) mass is 277 g/mol. The van der Waals surface area contributed by atoms with Crippen molar-refractivity contribution in [2.24, 2.45) is 0 Å². The van der Waals surface area contributed by atoms with Crippen LogP contribution in [0.15, 0.2) is 24.3 Å². The number of carbonyl (C=O) groups excluding carboxylic acids is 2. The van der Waals surface area contributed by atoms with E-state index in [4.69, 9.17) is 4.74 Å². The molecule has 1 fully saturated rings. The molecule has 6 nitrogen and oxygen atoms in total. The lowest BCUT2D eigenvalue weighted by molar-refractivity contribution is -0.121. The number of carbonyl (C=O) groups is 2. The number of ether oxygens (including phenoxy) is 1. The van der Waals surface area contributed by atoms with Crippen LogP contribution in [0.1, 0.15) is 13.8 Å². The standard InChI is InChI=1S/C14H19N3O3/c1-10(2)20-9-13(18)16-11-3-5-12(6-4-11)17-8-7-15-14(17)19/h3-6,10H,7-9H2,1-2H3,(H,15,19)(H,16,18). The van der Waals surface area contributed by atoms with Crippen LogP contribution in [0.4, 0.5) is 16.2 Å². The molecule has 3 amide bonds. The van der Waals surface area contributed by atoms with E-state index in [0.29, 0.717) is 18.8 Å². The minimum absolute atomic E-state index is 0.0248. The molecule has 108 valence electrons. The molecule has 0 bridgehead atoms. The second kappa shape index (κ2) is 6.38. The number of nitrogens with zero attached hydrogens (tertiary/aromatic N) is 1. The maximum atomic E-state index is 11.6. The summed E-state index contributed by atoms with van der Waals surface area (Å²) < 4.78 is 5.22. The molecule has 1 aromatic carbocycles. The minimum atomic E-state index is -0.189. The Morgan fingerprint density at radius 3 is 2.65 bits per heavy atom. The van der Waals surface area contributed by atoms with Gasteiger partial charge in [0.25, 0.3) is 0 Å². The van der Waals surface area contributed by atoms with Gasteiger partial charge in [-0.25, -0.2) is 4.79 Å². The fraction of sp³-hybridized carbons (Fsp3) is 0.429. The Balaban J connectivity index is 1.91. The molecule has 0 spiro atoms. The van der Waals surface area contributed by atoms with Crippen LogP contribution in [0.3, 0.4) is 0 Å². The Bertz CT molecular complexity index is 485. The maximum Gasteiger partial charge on any atom is 0.321 e. The largest absolute Gasteiger partial charge is 0.369 e. The number of amides is 3. The van der Waals surface area contributed by atoms with Crippen LogP contribution in [0, 0.1) is 0 Å². The van der Waals surface area contributed by atoms with Crippen LogP contribution in [-0.4, -0.2) is 37.7 Å². The fourth-order valence-corrected chi connectivity index (χ4v) is 1.88. The molecule has 1 saturated heterocycles. The Hall–Kier alpha value is -2.08. The van der Waals surface area contributed by atoms with Gasteiger partial charge < -0.3 is 15.4 Å². The van der Waals surface area contributed by atoms with Crippen molar-refractivity contribution in [3.05, 3.63) is 24.3 Å². The molecule has 1 aliphatic heterocycles. The number of benzene rings is 1. The van der Waals surface area contributed by atoms with Gasteiger partial charge in [0.1, 0.15) is 6.61 Å². The Morgan fingerprint density at radius 1 is 1.40 bits per heavy atom. The van der Waals surface area contributed by atoms with Gasteiger partial charge in [-0.1, -0.05) is 0 Å². The van der Waals surface area contributed by atoms with Gasteiger partial charge in [-0.2, -0.15) is 0 Å². The van der Waals surface area contributed by atoms with Crippen molar-refractivity contribution in [1.82, 2.24) is 5.32 Å². The van der Waals surface area contributed by atoms with E-state index in [-0.39, 0.29) is 24.6 Å². The molecule has 0 aromatic heterocycles. The summed E-state index contributed by atoms with van der Waals surface area (Å²) in [5.41, 5.74) is 1.50. The molecule has 0 unspecified atom stereocenters. The van der Waals surface area contributed by atoms with Crippen LogP contribution >= 0.6 is 0 Å².